The maximum Gasteiger partial charge on any atom is 0.251 e. The van der Waals surface area contributed by atoms with Gasteiger partial charge in [-0.2, -0.15) is 0 Å². The summed E-state index contributed by atoms with van der Waals surface area (Å²) in [5, 5.41) is 13.6. The number of phenolic OH excluding ortho intramolecular Hbond substituents is 1. The number of phenols is 1. The number of aromatic hydroxyl groups is 1. The lowest BCUT2D eigenvalue weighted by Crippen LogP contribution is -2.42. The molecule has 2 aromatic carbocycles. The van der Waals surface area contributed by atoms with Crippen LogP contribution in [0.4, 0.5) is 0 Å². The number of primary amides is 1. The maximum atomic E-state index is 12.8. The summed E-state index contributed by atoms with van der Waals surface area (Å²) in [5.74, 6) is 0.564. The van der Waals surface area contributed by atoms with Crippen LogP contribution in [0.1, 0.15) is 29.6 Å². The Morgan fingerprint density at radius 1 is 1.21 bits per heavy atom. The molecule has 202 valence electrons. The van der Waals surface area contributed by atoms with Crippen LogP contribution in [-0.4, -0.2) is 70.1 Å². The number of carbonyl (C=O) groups is 2. The molecule has 0 radical (unpaired) electrons. The number of aromatic nitrogens is 3. The van der Waals surface area contributed by atoms with Crippen molar-refractivity contribution < 1.29 is 19.4 Å². The summed E-state index contributed by atoms with van der Waals surface area (Å²) in [6.07, 6.45) is 4.26. The quantitative estimate of drug-likeness (QED) is 0.244. The lowest BCUT2D eigenvalue weighted by Gasteiger charge is -2.31. The number of aromatic amines is 1. The molecule has 1 saturated heterocycles. The number of nitrogens with two attached hydrogens (primary N) is 1. The standard InChI is InChI=1S/C29H32N6O4/c1-39-29-21(6-2-11-32-29)18-8-10-25(36)22(15-18)27-33-23-9-7-19(16-24(23)34-27)28(38)31-12-4-14-35-13-3-5-20(17-35)26(30)37/h2,6-11,15-16,20,36H,3-5,12-14,17H2,1H3,(H2,30,37)(H,31,38)(H,33,34). The zero-order valence-electron chi connectivity index (χ0n) is 21.8. The molecule has 4 aromatic rings. The van der Waals surface area contributed by atoms with Gasteiger partial charge in [-0.25, -0.2) is 9.97 Å². The highest BCUT2D eigenvalue weighted by atomic mass is 16.5. The van der Waals surface area contributed by atoms with E-state index in [9.17, 15) is 14.7 Å². The molecule has 0 bridgehead atoms. The second kappa shape index (κ2) is 11.5. The third-order valence-corrected chi connectivity index (χ3v) is 7.12. The molecule has 3 heterocycles. The van der Waals surface area contributed by atoms with E-state index in [4.69, 9.17) is 10.5 Å². The Kier molecular flexibility index (Phi) is 7.74. The van der Waals surface area contributed by atoms with Crippen molar-refractivity contribution in [1.29, 1.82) is 0 Å². The van der Waals surface area contributed by atoms with Gasteiger partial charge in [0.05, 0.1) is 29.6 Å². The SMILES string of the molecule is COc1ncccc1-c1ccc(O)c(-c2nc3ccc(C(=O)NCCCN4CCCC(C(N)=O)C4)cc3[nH]2)c1. The molecule has 1 atom stereocenters. The Morgan fingerprint density at radius 3 is 2.90 bits per heavy atom. The highest BCUT2D eigenvalue weighted by Crippen LogP contribution is 2.35. The van der Waals surface area contributed by atoms with E-state index in [1.165, 1.54) is 0 Å². The fraction of sp³-hybridized carbons (Fsp3) is 0.310. The van der Waals surface area contributed by atoms with E-state index in [-0.39, 0.29) is 23.5 Å². The number of nitrogens with one attached hydrogen (secondary N) is 2. The zero-order chi connectivity index (χ0) is 27.4. The maximum absolute atomic E-state index is 12.8. The molecule has 10 heteroatoms. The van der Waals surface area contributed by atoms with Gasteiger partial charge in [0.1, 0.15) is 11.6 Å². The molecule has 2 amide bonds. The van der Waals surface area contributed by atoms with E-state index < -0.39 is 0 Å². The third-order valence-electron chi connectivity index (χ3n) is 7.12. The lowest BCUT2D eigenvalue weighted by atomic mass is 9.97. The summed E-state index contributed by atoms with van der Waals surface area (Å²) in [6, 6.07) is 14.2. The summed E-state index contributed by atoms with van der Waals surface area (Å²) in [4.78, 5) is 38.6. The Labute approximate surface area is 226 Å². The molecule has 1 unspecified atom stereocenters. The first-order chi connectivity index (χ1) is 18.9. The van der Waals surface area contributed by atoms with Crippen molar-refractivity contribution in [3.8, 4) is 34.1 Å². The van der Waals surface area contributed by atoms with Crippen LogP contribution >= 0.6 is 0 Å². The van der Waals surface area contributed by atoms with E-state index >= 15 is 0 Å². The summed E-state index contributed by atoms with van der Waals surface area (Å²) in [5.41, 5.74) is 9.49. The van der Waals surface area contributed by atoms with E-state index in [0.717, 1.165) is 43.5 Å². The average molecular weight is 529 g/mol. The Balaban J connectivity index is 1.26. The van der Waals surface area contributed by atoms with Crippen LogP contribution in [0, 0.1) is 5.92 Å². The Morgan fingerprint density at radius 2 is 2.08 bits per heavy atom. The largest absolute Gasteiger partial charge is 0.507 e. The predicted molar refractivity (Wildman–Crippen MR) is 148 cm³/mol. The third kappa shape index (κ3) is 5.85. The van der Waals surface area contributed by atoms with Crippen molar-refractivity contribution in [2.75, 3.05) is 33.3 Å². The van der Waals surface area contributed by atoms with E-state index in [1.807, 2.05) is 18.2 Å². The normalized spacial score (nSPS) is 15.8. The number of carbonyl (C=O) groups excluding carboxylic acids is 2. The van der Waals surface area contributed by atoms with E-state index in [2.05, 4.69) is 25.2 Å². The van der Waals surface area contributed by atoms with Gasteiger partial charge in [-0.3, -0.25) is 9.59 Å². The number of pyridine rings is 1. The minimum atomic E-state index is -0.234. The van der Waals surface area contributed by atoms with Crippen LogP contribution in [0.2, 0.25) is 0 Å². The second-order valence-electron chi connectivity index (χ2n) is 9.76. The fourth-order valence-electron chi connectivity index (χ4n) is 5.04. The molecule has 5 N–H and O–H groups in total. The average Bonchev–Trinajstić information content (AvgIpc) is 3.39. The fourth-order valence-corrected chi connectivity index (χ4v) is 5.04. The molecule has 0 saturated carbocycles. The lowest BCUT2D eigenvalue weighted by molar-refractivity contribution is -0.123. The highest BCUT2D eigenvalue weighted by molar-refractivity contribution is 5.97. The van der Waals surface area contributed by atoms with Gasteiger partial charge < -0.3 is 30.8 Å². The van der Waals surface area contributed by atoms with Gasteiger partial charge in [0.2, 0.25) is 11.8 Å². The number of hydrogen-bond donors (Lipinski definition) is 4. The van der Waals surface area contributed by atoms with E-state index in [0.29, 0.717) is 47.0 Å². The molecule has 39 heavy (non-hydrogen) atoms. The van der Waals surface area contributed by atoms with Crippen molar-refractivity contribution in [2.45, 2.75) is 19.3 Å². The summed E-state index contributed by atoms with van der Waals surface area (Å²) >= 11 is 0. The number of imidazole rings is 1. The molecule has 1 aliphatic heterocycles. The highest BCUT2D eigenvalue weighted by Gasteiger charge is 2.23. The van der Waals surface area contributed by atoms with Gasteiger partial charge in [-0.05, 0) is 80.4 Å². The van der Waals surface area contributed by atoms with Crippen LogP contribution in [0.15, 0.2) is 54.7 Å². The molecule has 5 rings (SSSR count). The van der Waals surface area contributed by atoms with Crippen molar-refractivity contribution in [3.63, 3.8) is 0 Å². The summed E-state index contributed by atoms with van der Waals surface area (Å²) in [6.45, 7) is 2.98. The summed E-state index contributed by atoms with van der Waals surface area (Å²) < 4.78 is 5.38. The van der Waals surface area contributed by atoms with Gasteiger partial charge in [0.15, 0.2) is 0 Å². The van der Waals surface area contributed by atoms with Gasteiger partial charge in [0, 0.05) is 30.4 Å². The Bertz CT molecular complexity index is 1500. The smallest absolute Gasteiger partial charge is 0.251 e. The van der Waals surface area contributed by atoms with Gasteiger partial charge in [-0.1, -0.05) is 6.07 Å². The molecule has 1 aliphatic rings. The van der Waals surface area contributed by atoms with Crippen LogP contribution in [0.5, 0.6) is 11.6 Å². The number of amides is 2. The number of H-pyrrole nitrogens is 1. The van der Waals surface area contributed by atoms with Gasteiger partial charge >= 0.3 is 0 Å². The van der Waals surface area contributed by atoms with Gasteiger partial charge in [-0.15, -0.1) is 0 Å². The van der Waals surface area contributed by atoms with Crippen LogP contribution < -0.4 is 15.8 Å². The number of nitrogens with zero attached hydrogens (tertiary/aromatic N) is 3. The Hall–Kier alpha value is -4.44. The molecular formula is C29H32N6O4. The first-order valence-corrected chi connectivity index (χ1v) is 13.1. The molecule has 10 nitrogen and oxygen atoms in total. The van der Waals surface area contributed by atoms with Crippen LogP contribution in [0.3, 0.4) is 0 Å². The first-order valence-electron chi connectivity index (χ1n) is 13.1. The molecule has 0 spiro atoms. The number of piperidine rings is 1. The molecule has 0 aliphatic carbocycles. The van der Waals surface area contributed by atoms with Crippen molar-refractivity contribution in [1.82, 2.24) is 25.2 Å². The molecular weight excluding hydrogens is 496 g/mol. The number of hydrogen-bond acceptors (Lipinski definition) is 7. The van der Waals surface area contributed by atoms with Crippen molar-refractivity contribution in [2.24, 2.45) is 11.7 Å². The van der Waals surface area contributed by atoms with Crippen LogP contribution in [-0.2, 0) is 4.79 Å². The summed E-state index contributed by atoms with van der Waals surface area (Å²) in [7, 11) is 1.56. The number of ether oxygens (including phenoxy) is 1. The molecule has 2 aromatic heterocycles. The number of rotatable bonds is 9. The topological polar surface area (TPSA) is 146 Å². The van der Waals surface area contributed by atoms with Crippen molar-refractivity contribution >= 4 is 22.8 Å². The molecule has 1 fully saturated rings. The monoisotopic (exact) mass is 528 g/mol. The number of benzene rings is 2. The number of methoxy groups -OCH3 is 1. The van der Waals surface area contributed by atoms with Crippen LogP contribution in [0.25, 0.3) is 33.5 Å². The van der Waals surface area contributed by atoms with Gasteiger partial charge in [0.25, 0.3) is 5.91 Å². The predicted octanol–water partition coefficient (Wildman–Crippen LogP) is 3.32. The number of likely N-dealkylation sites (tertiary alicyclic amines) is 1. The van der Waals surface area contributed by atoms with Crippen molar-refractivity contribution in [3.05, 3.63) is 60.3 Å². The number of fused-ring (bicyclic) bond motifs is 1. The van der Waals surface area contributed by atoms with E-state index in [1.54, 1.807) is 43.6 Å². The first kappa shape index (κ1) is 26.2. The minimum absolute atomic E-state index is 0.0782. The zero-order valence-corrected chi connectivity index (χ0v) is 21.8. The second-order valence-corrected chi connectivity index (χ2v) is 9.76. The minimum Gasteiger partial charge on any atom is -0.507 e.